The molecule has 2 aromatic rings. The summed E-state index contributed by atoms with van der Waals surface area (Å²) in [5, 5.41) is 7.22. The van der Waals surface area contributed by atoms with Gasteiger partial charge in [0.25, 0.3) is 0 Å². The van der Waals surface area contributed by atoms with Gasteiger partial charge >= 0.3 is 4.87 Å². The van der Waals surface area contributed by atoms with Crippen molar-refractivity contribution in [3.05, 3.63) is 41.5 Å². The average Bonchev–Trinajstić information content (AvgIpc) is 2.76. The van der Waals surface area contributed by atoms with Crippen molar-refractivity contribution in [3.63, 3.8) is 0 Å². The van der Waals surface area contributed by atoms with Gasteiger partial charge in [0.15, 0.2) is 0 Å². The molecule has 0 aliphatic rings. The molecule has 0 unspecified atom stereocenters. The summed E-state index contributed by atoms with van der Waals surface area (Å²) in [4.78, 5) is 13.6. The lowest BCUT2D eigenvalue weighted by molar-refractivity contribution is 0.683. The van der Waals surface area contributed by atoms with Gasteiger partial charge in [-0.05, 0) is 32.9 Å². The van der Waals surface area contributed by atoms with Gasteiger partial charge in [0, 0.05) is 24.2 Å². The Morgan fingerprint density at radius 3 is 2.80 bits per heavy atom. The van der Waals surface area contributed by atoms with E-state index in [0.717, 1.165) is 16.0 Å². The van der Waals surface area contributed by atoms with Crippen molar-refractivity contribution in [3.8, 4) is 0 Å². The minimum Gasteiger partial charge on any atom is -0.315 e. The Balaban J connectivity index is 1.82. The average molecular weight is 305 g/mol. The molecular formula is C9H9BrN2OS2. The largest absolute Gasteiger partial charge is 0.315 e. The first-order valence-electron chi connectivity index (χ1n) is 4.34. The lowest BCUT2D eigenvalue weighted by Crippen LogP contribution is -2.13. The third-order valence-electron chi connectivity index (χ3n) is 1.84. The number of nitrogens with one attached hydrogen (secondary N) is 2. The molecule has 15 heavy (non-hydrogen) atoms. The topological polar surface area (TPSA) is 44.9 Å². The van der Waals surface area contributed by atoms with Gasteiger partial charge in [-0.1, -0.05) is 11.3 Å². The molecule has 2 rings (SSSR count). The van der Waals surface area contributed by atoms with E-state index in [1.54, 1.807) is 11.3 Å². The Morgan fingerprint density at radius 2 is 2.20 bits per heavy atom. The molecule has 0 fully saturated rings. The quantitative estimate of drug-likeness (QED) is 0.912. The molecule has 3 nitrogen and oxygen atoms in total. The second-order valence-corrected chi connectivity index (χ2v) is 6.17. The summed E-state index contributed by atoms with van der Waals surface area (Å²) in [7, 11) is 0. The SMILES string of the molecule is O=c1[nH]c(CNCc2csc(Br)c2)cs1. The van der Waals surface area contributed by atoms with E-state index in [4.69, 9.17) is 0 Å². The highest BCUT2D eigenvalue weighted by atomic mass is 79.9. The highest BCUT2D eigenvalue weighted by Crippen LogP contribution is 2.20. The summed E-state index contributed by atoms with van der Waals surface area (Å²) < 4.78 is 1.14. The molecule has 0 radical (unpaired) electrons. The van der Waals surface area contributed by atoms with Crippen LogP contribution in [0.3, 0.4) is 0 Å². The van der Waals surface area contributed by atoms with E-state index < -0.39 is 0 Å². The van der Waals surface area contributed by atoms with E-state index in [9.17, 15) is 4.79 Å². The maximum Gasteiger partial charge on any atom is 0.304 e. The van der Waals surface area contributed by atoms with Gasteiger partial charge in [-0.15, -0.1) is 11.3 Å². The van der Waals surface area contributed by atoms with Crippen LogP contribution in [0.4, 0.5) is 0 Å². The summed E-state index contributed by atoms with van der Waals surface area (Å²) in [5.41, 5.74) is 2.20. The smallest absolute Gasteiger partial charge is 0.304 e. The van der Waals surface area contributed by atoms with Crippen molar-refractivity contribution < 1.29 is 0 Å². The van der Waals surface area contributed by atoms with Crippen LogP contribution in [0.2, 0.25) is 0 Å². The molecule has 80 valence electrons. The molecule has 0 atom stereocenters. The molecule has 2 heterocycles. The highest BCUT2D eigenvalue weighted by Gasteiger charge is 1.98. The fourth-order valence-electron chi connectivity index (χ4n) is 1.18. The number of rotatable bonds is 4. The zero-order valence-electron chi connectivity index (χ0n) is 7.75. The van der Waals surface area contributed by atoms with Gasteiger partial charge in [-0.2, -0.15) is 0 Å². The molecule has 6 heteroatoms. The zero-order chi connectivity index (χ0) is 10.7. The molecule has 0 aliphatic heterocycles. The highest BCUT2D eigenvalue weighted by molar-refractivity contribution is 9.11. The van der Waals surface area contributed by atoms with Crippen molar-refractivity contribution in [1.29, 1.82) is 0 Å². The standard InChI is InChI=1S/C9H9BrN2OS2/c10-8-1-6(4-14-8)2-11-3-7-5-15-9(13)12-7/h1,4-5,11H,2-3H2,(H,12,13). The molecule has 0 amide bonds. The second kappa shape index (κ2) is 5.07. The maximum absolute atomic E-state index is 10.9. The number of hydrogen-bond acceptors (Lipinski definition) is 4. The van der Waals surface area contributed by atoms with Crippen molar-refractivity contribution in [2.75, 3.05) is 0 Å². The molecule has 2 aromatic heterocycles. The van der Waals surface area contributed by atoms with Gasteiger partial charge in [-0.3, -0.25) is 4.79 Å². The molecule has 0 saturated heterocycles. The number of thiophene rings is 1. The Hall–Kier alpha value is -0.430. The van der Waals surface area contributed by atoms with Crippen LogP contribution in [-0.2, 0) is 13.1 Å². The van der Waals surface area contributed by atoms with Crippen LogP contribution < -0.4 is 10.2 Å². The minimum absolute atomic E-state index is 0.00470. The van der Waals surface area contributed by atoms with Crippen LogP contribution in [0, 0.1) is 0 Å². The number of H-pyrrole nitrogens is 1. The number of hydrogen-bond donors (Lipinski definition) is 2. The van der Waals surface area contributed by atoms with Crippen LogP contribution in [0.15, 0.2) is 25.4 Å². The van der Waals surface area contributed by atoms with Crippen molar-refractivity contribution in [2.24, 2.45) is 0 Å². The summed E-state index contributed by atoms with van der Waals surface area (Å²) >= 11 is 6.29. The number of aromatic amines is 1. The van der Waals surface area contributed by atoms with Crippen LogP contribution in [-0.4, -0.2) is 4.98 Å². The molecule has 0 saturated carbocycles. The second-order valence-electron chi connectivity index (χ2n) is 3.04. The normalized spacial score (nSPS) is 10.7. The monoisotopic (exact) mass is 304 g/mol. The summed E-state index contributed by atoms with van der Waals surface area (Å²) in [5.74, 6) is 0. The van der Waals surface area contributed by atoms with Crippen LogP contribution in [0.25, 0.3) is 0 Å². The number of halogens is 1. The van der Waals surface area contributed by atoms with E-state index in [-0.39, 0.29) is 4.87 Å². The molecule has 0 aliphatic carbocycles. The van der Waals surface area contributed by atoms with Gasteiger partial charge < -0.3 is 10.3 Å². The maximum atomic E-state index is 10.9. The molecule has 0 bridgehead atoms. The molecular weight excluding hydrogens is 296 g/mol. The third kappa shape index (κ3) is 3.27. The molecule has 0 aromatic carbocycles. The third-order valence-corrected chi connectivity index (χ3v) is 4.11. The fraction of sp³-hybridized carbons (Fsp3) is 0.222. The molecule has 2 N–H and O–H groups in total. The van der Waals surface area contributed by atoms with Crippen LogP contribution in [0.5, 0.6) is 0 Å². The van der Waals surface area contributed by atoms with E-state index in [2.05, 4.69) is 37.7 Å². The van der Waals surface area contributed by atoms with Gasteiger partial charge in [0.05, 0.1) is 3.79 Å². The van der Waals surface area contributed by atoms with Crippen LogP contribution >= 0.6 is 38.6 Å². The number of thiazole rings is 1. The summed E-state index contributed by atoms with van der Waals surface area (Å²) in [6.07, 6.45) is 0. The Morgan fingerprint density at radius 1 is 1.33 bits per heavy atom. The van der Waals surface area contributed by atoms with Gasteiger partial charge in [0.1, 0.15) is 0 Å². The first kappa shape index (κ1) is 11.1. The van der Waals surface area contributed by atoms with E-state index in [1.165, 1.54) is 16.9 Å². The van der Waals surface area contributed by atoms with Crippen molar-refractivity contribution in [1.82, 2.24) is 10.3 Å². The Kier molecular flexibility index (Phi) is 3.74. The first-order chi connectivity index (χ1) is 7.24. The lowest BCUT2D eigenvalue weighted by atomic mass is 10.3. The predicted octanol–water partition coefficient (Wildman–Crippen LogP) is 2.55. The first-order valence-corrected chi connectivity index (χ1v) is 6.89. The Labute approximate surface area is 103 Å². The number of aromatic nitrogens is 1. The van der Waals surface area contributed by atoms with E-state index in [1.807, 2.05) is 5.38 Å². The van der Waals surface area contributed by atoms with Crippen LogP contribution in [0.1, 0.15) is 11.3 Å². The fourth-order valence-corrected chi connectivity index (χ4v) is 2.97. The van der Waals surface area contributed by atoms with E-state index >= 15 is 0 Å². The summed E-state index contributed by atoms with van der Waals surface area (Å²) in [6.45, 7) is 1.52. The minimum atomic E-state index is 0.00470. The van der Waals surface area contributed by atoms with Gasteiger partial charge in [0.2, 0.25) is 0 Å². The van der Waals surface area contributed by atoms with Gasteiger partial charge in [-0.25, -0.2) is 0 Å². The summed E-state index contributed by atoms with van der Waals surface area (Å²) in [6, 6.07) is 2.09. The molecule has 0 spiro atoms. The Bertz CT molecular complexity index is 488. The zero-order valence-corrected chi connectivity index (χ0v) is 11.0. The van der Waals surface area contributed by atoms with Crippen molar-refractivity contribution >= 4 is 38.6 Å². The predicted molar refractivity (Wildman–Crippen MR) is 67.5 cm³/mol. The lowest BCUT2D eigenvalue weighted by Gasteiger charge is -1.99. The van der Waals surface area contributed by atoms with Crippen molar-refractivity contribution in [2.45, 2.75) is 13.1 Å². The van der Waals surface area contributed by atoms with E-state index in [0.29, 0.717) is 6.54 Å².